The van der Waals surface area contributed by atoms with Crippen molar-refractivity contribution in [1.82, 2.24) is 4.90 Å². The van der Waals surface area contributed by atoms with Crippen molar-refractivity contribution in [2.24, 2.45) is 0 Å². The molecule has 126 valence electrons. The molecule has 1 aromatic rings. The molecule has 1 heterocycles. The summed E-state index contributed by atoms with van der Waals surface area (Å²) in [7, 11) is 1.21. The van der Waals surface area contributed by atoms with Gasteiger partial charge >= 0.3 is 11.7 Å². The summed E-state index contributed by atoms with van der Waals surface area (Å²) in [5, 5.41) is 20.3. The molecule has 1 N–H and O–H groups in total. The number of nitro groups is 1. The summed E-state index contributed by atoms with van der Waals surface area (Å²) >= 11 is 6.09. The summed E-state index contributed by atoms with van der Waals surface area (Å²) in [5.41, 5.74) is -0.118. The second kappa shape index (κ2) is 6.97. The lowest BCUT2D eigenvalue weighted by Gasteiger charge is -2.20. The van der Waals surface area contributed by atoms with Gasteiger partial charge < -0.3 is 9.84 Å². The van der Waals surface area contributed by atoms with Crippen molar-refractivity contribution in [3.63, 3.8) is 0 Å². The first kappa shape index (κ1) is 17.9. The van der Waals surface area contributed by atoms with Crippen LogP contribution in [0.1, 0.15) is 12.5 Å². The van der Waals surface area contributed by atoms with Crippen LogP contribution in [0.3, 0.4) is 0 Å². The molecule has 1 aromatic carbocycles. The van der Waals surface area contributed by atoms with E-state index in [0.717, 1.165) is 22.7 Å². The first-order valence-electron chi connectivity index (χ1n) is 6.58. The summed E-state index contributed by atoms with van der Waals surface area (Å²) < 4.78 is 4.80. The Kier molecular flexibility index (Phi) is 5.20. The molecule has 0 aromatic heterocycles. The fourth-order valence-electron chi connectivity index (χ4n) is 2.02. The number of rotatable bonds is 4. The third-order valence-corrected chi connectivity index (χ3v) is 4.58. The number of hydrogen-bond donors (Lipinski definition) is 1. The highest BCUT2D eigenvalue weighted by atomic mass is 32.2. The van der Waals surface area contributed by atoms with E-state index < -0.39 is 34.3 Å². The predicted octanol–water partition coefficient (Wildman–Crippen LogP) is 2.06. The number of nitrogens with zero attached hydrogens (tertiary/aromatic N) is 2. The lowest BCUT2D eigenvalue weighted by Crippen LogP contribution is -2.42. The Hall–Kier alpha value is -2.46. The van der Waals surface area contributed by atoms with Gasteiger partial charge in [-0.1, -0.05) is 30.0 Å². The van der Waals surface area contributed by atoms with Gasteiger partial charge in [-0.05, 0) is 24.6 Å². The van der Waals surface area contributed by atoms with E-state index in [-0.39, 0.29) is 9.23 Å². The average Bonchev–Trinajstić information content (AvgIpc) is 2.81. The van der Waals surface area contributed by atoms with Gasteiger partial charge in [0.25, 0.3) is 5.91 Å². The van der Waals surface area contributed by atoms with E-state index in [1.54, 1.807) is 0 Å². The second-order valence-corrected chi connectivity index (χ2v) is 6.43. The Morgan fingerprint density at radius 1 is 1.54 bits per heavy atom. The van der Waals surface area contributed by atoms with E-state index in [1.807, 2.05) is 0 Å². The highest BCUT2D eigenvalue weighted by Crippen LogP contribution is 2.35. The Labute approximate surface area is 146 Å². The van der Waals surface area contributed by atoms with Gasteiger partial charge in [0.15, 0.2) is 5.75 Å². The molecule has 0 spiro atoms. The number of phenolic OH excluding ortho intramolecular Hbond substituents is 1. The summed E-state index contributed by atoms with van der Waals surface area (Å²) in [4.78, 5) is 35.5. The predicted molar refractivity (Wildman–Crippen MR) is 91.3 cm³/mol. The van der Waals surface area contributed by atoms with E-state index in [9.17, 15) is 24.8 Å². The van der Waals surface area contributed by atoms with Gasteiger partial charge in [0.05, 0.1) is 16.9 Å². The topological polar surface area (TPSA) is 110 Å². The van der Waals surface area contributed by atoms with Crippen LogP contribution >= 0.6 is 24.0 Å². The number of phenols is 1. The molecule has 2 rings (SSSR count). The molecule has 0 radical (unpaired) electrons. The number of nitro benzene ring substituents is 1. The van der Waals surface area contributed by atoms with Crippen molar-refractivity contribution in [2.45, 2.75) is 13.0 Å². The van der Waals surface area contributed by atoms with Gasteiger partial charge in [0, 0.05) is 6.07 Å². The lowest BCUT2D eigenvalue weighted by molar-refractivity contribution is -0.385. The fraction of sp³-hybridized carbons (Fsp3) is 0.214. The minimum absolute atomic E-state index is 0.192. The number of carbonyl (C=O) groups excluding carboxylic acids is 2. The Morgan fingerprint density at radius 2 is 2.21 bits per heavy atom. The van der Waals surface area contributed by atoms with Gasteiger partial charge in [-0.3, -0.25) is 19.8 Å². The highest BCUT2D eigenvalue weighted by molar-refractivity contribution is 8.26. The number of methoxy groups -OCH3 is 1. The number of thiocarbonyl (C=S) groups is 1. The summed E-state index contributed by atoms with van der Waals surface area (Å²) in [6.07, 6.45) is 1.41. The van der Waals surface area contributed by atoms with Crippen LogP contribution in [0.5, 0.6) is 5.75 Å². The number of ether oxygens (including phenoxy) is 1. The summed E-state index contributed by atoms with van der Waals surface area (Å²) in [5.74, 6) is -1.56. The molecule has 1 unspecified atom stereocenters. The molecular weight excluding hydrogens is 356 g/mol. The standard InChI is InChI=1S/C14H12N2O6S2/c1-7(13(19)22-2)15-12(18)11(24-14(15)23)6-8-3-4-10(17)9(5-8)16(20)21/h3-7,17H,1-2H3. The first-order valence-corrected chi connectivity index (χ1v) is 7.81. The largest absolute Gasteiger partial charge is 0.502 e. The summed E-state index contributed by atoms with van der Waals surface area (Å²) in [6, 6.07) is 2.87. The fourth-order valence-corrected chi connectivity index (χ4v) is 3.44. The van der Waals surface area contributed by atoms with E-state index in [1.165, 1.54) is 32.2 Å². The SMILES string of the molecule is COC(=O)C(C)N1C(=O)C(=Cc2ccc(O)c([N+](=O)[O-])c2)SC1=S. The average molecular weight is 368 g/mol. The number of benzene rings is 1. The first-order chi connectivity index (χ1) is 11.3. The molecule has 0 bridgehead atoms. The van der Waals surface area contributed by atoms with Crippen molar-refractivity contribution in [2.75, 3.05) is 7.11 Å². The van der Waals surface area contributed by atoms with Crippen LogP contribution in [0.25, 0.3) is 6.08 Å². The molecule has 0 saturated carbocycles. The highest BCUT2D eigenvalue weighted by Gasteiger charge is 2.38. The van der Waals surface area contributed by atoms with Gasteiger partial charge in [-0.15, -0.1) is 0 Å². The molecule has 8 nitrogen and oxygen atoms in total. The third kappa shape index (κ3) is 3.39. The Bertz CT molecular complexity index is 777. The van der Waals surface area contributed by atoms with Crippen LogP contribution < -0.4 is 0 Å². The van der Waals surface area contributed by atoms with E-state index in [4.69, 9.17) is 12.2 Å². The number of aromatic hydroxyl groups is 1. The summed E-state index contributed by atoms with van der Waals surface area (Å²) in [6.45, 7) is 1.49. The molecule has 0 aliphatic carbocycles. The molecule has 1 atom stereocenters. The van der Waals surface area contributed by atoms with E-state index in [0.29, 0.717) is 5.56 Å². The number of carbonyl (C=O) groups is 2. The van der Waals surface area contributed by atoms with Crippen LogP contribution in [-0.2, 0) is 14.3 Å². The van der Waals surface area contributed by atoms with Gasteiger partial charge in [0.2, 0.25) is 0 Å². The van der Waals surface area contributed by atoms with E-state index in [2.05, 4.69) is 4.74 Å². The molecule has 24 heavy (non-hydrogen) atoms. The second-order valence-electron chi connectivity index (χ2n) is 4.76. The monoisotopic (exact) mass is 368 g/mol. The smallest absolute Gasteiger partial charge is 0.328 e. The quantitative estimate of drug-likeness (QED) is 0.283. The third-order valence-electron chi connectivity index (χ3n) is 3.25. The maximum Gasteiger partial charge on any atom is 0.328 e. The molecule has 1 fully saturated rings. The van der Waals surface area contributed by atoms with Crippen LogP contribution in [0.15, 0.2) is 23.1 Å². The lowest BCUT2D eigenvalue weighted by atomic mass is 10.1. The molecule has 1 amide bonds. The van der Waals surface area contributed by atoms with Gasteiger partial charge in [-0.25, -0.2) is 4.79 Å². The van der Waals surface area contributed by atoms with Crippen LogP contribution in [0.4, 0.5) is 5.69 Å². The van der Waals surface area contributed by atoms with Crippen molar-refractivity contribution in [3.05, 3.63) is 38.8 Å². The maximum atomic E-state index is 12.4. The van der Waals surface area contributed by atoms with Crippen molar-refractivity contribution < 1.29 is 24.4 Å². The normalized spacial score (nSPS) is 17.2. The van der Waals surface area contributed by atoms with Crippen molar-refractivity contribution in [3.8, 4) is 5.75 Å². The number of esters is 1. The molecule has 1 aliphatic heterocycles. The molecular formula is C14H12N2O6S2. The minimum atomic E-state index is -0.873. The Balaban J connectivity index is 2.34. The van der Waals surface area contributed by atoms with Crippen molar-refractivity contribution in [1.29, 1.82) is 0 Å². The molecule has 1 saturated heterocycles. The van der Waals surface area contributed by atoms with Gasteiger partial charge in [-0.2, -0.15) is 0 Å². The van der Waals surface area contributed by atoms with Gasteiger partial charge in [0.1, 0.15) is 10.4 Å². The number of amides is 1. The Morgan fingerprint density at radius 3 is 2.79 bits per heavy atom. The van der Waals surface area contributed by atoms with Crippen LogP contribution in [-0.4, -0.2) is 44.3 Å². The number of hydrogen-bond acceptors (Lipinski definition) is 8. The zero-order valence-corrected chi connectivity index (χ0v) is 14.2. The molecule has 10 heteroatoms. The van der Waals surface area contributed by atoms with Crippen LogP contribution in [0.2, 0.25) is 0 Å². The molecule has 1 aliphatic rings. The minimum Gasteiger partial charge on any atom is -0.502 e. The zero-order valence-electron chi connectivity index (χ0n) is 12.6. The van der Waals surface area contributed by atoms with Crippen LogP contribution in [0, 0.1) is 10.1 Å². The maximum absolute atomic E-state index is 12.4. The van der Waals surface area contributed by atoms with E-state index >= 15 is 0 Å². The number of thioether (sulfide) groups is 1. The zero-order chi connectivity index (χ0) is 18.0. The van der Waals surface area contributed by atoms with Crippen molar-refractivity contribution >= 4 is 51.9 Å².